The molecule has 100 valence electrons. The van der Waals surface area contributed by atoms with Crippen LogP contribution in [0.2, 0.25) is 0 Å². The molecule has 2 N–H and O–H groups in total. The number of methoxy groups -OCH3 is 1. The minimum atomic E-state index is 0.446. The highest BCUT2D eigenvalue weighted by Crippen LogP contribution is 2.22. The fourth-order valence-corrected chi connectivity index (χ4v) is 1.99. The molecule has 1 aromatic carbocycles. The van der Waals surface area contributed by atoms with Crippen LogP contribution in [0, 0.1) is 0 Å². The van der Waals surface area contributed by atoms with E-state index in [4.69, 9.17) is 10.5 Å². The third kappa shape index (κ3) is 3.00. The molecule has 5 heteroatoms. The van der Waals surface area contributed by atoms with Crippen LogP contribution < -0.4 is 15.4 Å². The van der Waals surface area contributed by atoms with E-state index in [1.54, 1.807) is 13.3 Å². The summed E-state index contributed by atoms with van der Waals surface area (Å²) in [5.41, 5.74) is 7.80. The highest BCUT2D eigenvalue weighted by atomic mass is 16.5. The maximum Gasteiger partial charge on any atom is 0.155 e. The second-order valence-corrected chi connectivity index (χ2v) is 4.25. The monoisotopic (exact) mass is 258 g/mol. The first kappa shape index (κ1) is 13.3. The molecule has 0 amide bonds. The smallest absolute Gasteiger partial charge is 0.155 e. The van der Waals surface area contributed by atoms with Gasteiger partial charge in [0.1, 0.15) is 5.75 Å². The molecule has 0 bridgehead atoms. The predicted molar refractivity (Wildman–Crippen MR) is 75.0 cm³/mol. The number of nitrogens with zero attached hydrogens (tertiary/aromatic N) is 3. The molecule has 0 aliphatic rings. The van der Waals surface area contributed by atoms with E-state index in [9.17, 15) is 0 Å². The lowest BCUT2D eigenvalue weighted by molar-refractivity contribution is 0.409. The number of hydrogen-bond donors (Lipinski definition) is 1. The summed E-state index contributed by atoms with van der Waals surface area (Å²) in [6.45, 7) is 1.14. The van der Waals surface area contributed by atoms with Crippen molar-refractivity contribution in [3.05, 3.63) is 47.7 Å². The molecule has 1 aromatic heterocycles. The van der Waals surface area contributed by atoms with Gasteiger partial charge in [0.05, 0.1) is 13.3 Å². The second kappa shape index (κ2) is 6.15. The average Bonchev–Trinajstić information content (AvgIpc) is 2.47. The van der Waals surface area contributed by atoms with Gasteiger partial charge in [-0.3, -0.25) is 0 Å². The van der Waals surface area contributed by atoms with Crippen molar-refractivity contribution in [2.45, 2.75) is 13.1 Å². The first-order chi connectivity index (χ1) is 9.26. The van der Waals surface area contributed by atoms with E-state index >= 15 is 0 Å². The summed E-state index contributed by atoms with van der Waals surface area (Å²) in [6, 6.07) is 9.82. The van der Waals surface area contributed by atoms with Gasteiger partial charge in [-0.1, -0.05) is 18.2 Å². The van der Waals surface area contributed by atoms with Gasteiger partial charge in [0, 0.05) is 31.3 Å². The quantitative estimate of drug-likeness (QED) is 0.882. The Morgan fingerprint density at radius 2 is 2.00 bits per heavy atom. The van der Waals surface area contributed by atoms with Crippen LogP contribution in [0.1, 0.15) is 11.1 Å². The highest BCUT2D eigenvalue weighted by molar-refractivity contribution is 5.46. The third-order valence-electron chi connectivity index (χ3n) is 2.96. The van der Waals surface area contributed by atoms with Crippen LogP contribution >= 0.6 is 0 Å². The van der Waals surface area contributed by atoms with Gasteiger partial charge in [0.2, 0.25) is 0 Å². The van der Waals surface area contributed by atoms with Crippen LogP contribution in [-0.2, 0) is 13.1 Å². The molecule has 2 aromatic rings. The van der Waals surface area contributed by atoms with Crippen LogP contribution in [-0.4, -0.2) is 24.4 Å². The zero-order chi connectivity index (χ0) is 13.7. The van der Waals surface area contributed by atoms with Gasteiger partial charge in [-0.2, -0.15) is 5.10 Å². The second-order valence-electron chi connectivity index (χ2n) is 4.25. The number of aromatic nitrogens is 2. The Hall–Kier alpha value is -2.14. The van der Waals surface area contributed by atoms with Crippen molar-refractivity contribution in [3.63, 3.8) is 0 Å². The fourth-order valence-electron chi connectivity index (χ4n) is 1.99. The molecule has 0 saturated carbocycles. The van der Waals surface area contributed by atoms with Crippen molar-refractivity contribution in [1.29, 1.82) is 0 Å². The van der Waals surface area contributed by atoms with Gasteiger partial charge in [0.15, 0.2) is 5.82 Å². The molecule has 0 unspecified atom stereocenters. The summed E-state index contributed by atoms with van der Waals surface area (Å²) in [4.78, 5) is 2.02. The van der Waals surface area contributed by atoms with Gasteiger partial charge in [-0.05, 0) is 12.1 Å². The summed E-state index contributed by atoms with van der Waals surface area (Å²) in [7, 11) is 3.64. The van der Waals surface area contributed by atoms with Crippen molar-refractivity contribution in [3.8, 4) is 5.75 Å². The standard InChI is InChI=1S/C14H18N4O/c1-18(14-11(9-15)7-8-16-17-14)10-12-5-3-4-6-13(12)19-2/h3-8H,9-10,15H2,1-2H3. The summed E-state index contributed by atoms with van der Waals surface area (Å²) >= 11 is 0. The van der Waals surface area contributed by atoms with Crippen LogP contribution in [0.25, 0.3) is 0 Å². The lowest BCUT2D eigenvalue weighted by Gasteiger charge is -2.21. The van der Waals surface area contributed by atoms with Gasteiger partial charge in [-0.25, -0.2) is 0 Å². The molecule has 19 heavy (non-hydrogen) atoms. The van der Waals surface area contributed by atoms with E-state index in [1.165, 1.54) is 0 Å². The topological polar surface area (TPSA) is 64.3 Å². The Labute approximate surface area is 113 Å². The molecule has 2 rings (SSSR count). The molecule has 0 aliphatic heterocycles. The molecule has 1 heterocycles. The van der Waals surface area contributed by atoms with E-state index in [0.717, 1.165) is 22.7 Å². The SMILES string of the molecule is COc1ccccc1CN(C)c1nnccc1CN. The number of rotatable bonds is 5. The highest BCUT2D eigenvalue weighted by Gasteiger charge is 2.11. The molecular formula is C14H18N4O. The molecule has 0 aliphatic carbocycles. The number of benzene rings is 1. The van der Waals surface area contributed by atoms with Crippen LogP contribution in [0.4, 0.5) is 5.82 Å². The molecule has 0 spiro atoms. The van der Waals surface area contributed by atoms with E-state index in [2.05, 4.69) is 10.2 Å². The Morgan fingerprint density at radius 1 is 1.21 bits per heavy atom. The lowest BCUT2D eigenvalue weighted by Crippen LogP contribution is -2.21. The Bertz CT molecular complexity index is 544. The summed E-state index contributed by atoms with van der Waals surface area (Å²) in [5, 5.41) is 8.08. The van der Waals surface area contributed by atoms with Crippen molar-refractivity contribution >= 4 is 5.82 Å². The lowest BCUT2D eigenvalue weighted by atomic mass is 10.2. The number of nitrogens with two attached hydrogens (primary N) is 1. The maximum absolute atomic E-state index is 5.72. The first-order valence-corrected chi connectivity index (χ1v) is 6.10. The summed E-state index contributed by atoms with van der Waals surface area (Å²) in [5.74, 6) is 1.67. The van der Waals surface area contributed by atoms with Gasteiger partial charge in [-0.15, -0.1) is 5.10 Å². The third-order valence-corrected chi connectivity index (χ3v) is 2.96. The first-order valence-electron chi connectivity index (χ1n) is 6.10. The van der Waals surface area contributed by atoms with Crippen molar-refractivity contribution in [2.24, 2.45) is 5.73 Å². The Balaban J connectivity index is 2.23. The van der Waals surface area contributed by atoms with E-state index in [-0.39, 0.29) is 0 Å². The molecule has 0 fully saturated rings. The average molecular weight is 258 g/mol. The Morgan fingerprint density at radius 3 is 2.74 bits per heavy atom. The van der Waals surface area contributed by atoms with Gasteiger partial charge >= 0.3 is 0 Å². The predicted octanol–water partition coefficient (Wildman–Crippen LogP) is 1.58. The summed E-state index contributed by atoms with van der Waals surface area (Å²) < 4.78 is 5.35. The largest absolute Gasteiger partial charge is 0.496 e. The Kier molecular flexibility index (Phi) is 4.30. The van der Waals surface area contributed by atoms with E-state index < -0.39 is 0 Å². The zero-order valence-electron chi connectivity index (χ0n) is 11.2. The molecule has 0 radical (unpaired) electrons. The summed E-state index contributed by atoms with van der Waals surface area (Å²) in [6.07, 6.45) is 1.66. The molecule has 0 saturated heterocycles. The van der Waals surface area contributed by atoms with Crippen LogP contribution in [0.3, 0.4) is 0 Å². The van der Waals surface area contributed by atoms with Crippen LogP contribution in [0.5, 0.6) is 5.75 Å². The fraction of sp³-hybridized carbons (Fsp3) is 0.286. The van der Waals surface area contributed by atoms with E-state index in [1.807, 2.05) is 42.3 Å². The van der Waals surface area contributed by atoms with Crippen molar-refractivity contribution in [1.82, 2.24) is 10.2 Å². The van der Waals surface area contributed by atoms with Gasteiger partial charge in [0.25, 0.3) is 0 Å². The minimum Gasteiger partial charge on any atom is -0.496 e. The molecular weight excluding hydrogens is 240 g/mol. The van der Waals surface area contributed by atoms with E-state index in [0.29, 0.717) is 13.1 Å². The van der Waals surface area contributed by atoms with Crippen molar-refractivity contribution in [2.75, 3.05) is 19.1 Å². The number of hydrogen-bond acceptors (Lipinski definition) is 5. The molecule has 0 atom stereocenters. The normalized spacial score (nSPS) is 10.3. The van der Waals surface area contributed by atoms with Crippen molar-refractivity contribution < 1.29 is 4.74 Å². The van der Waals surface area contributed by atoms with Gasteiger partial charge < -0.3 is 15.4 Å². The van der Waals surface area contributed by atoms with Crippen LogP contribution in [0.15, 0.2) is 36.5 Å². The number of ether oxygens (including phenoxy) is 1. The molecule has 5 nitrogen and oxygen atoms in total. The maximum atomic E-state index is 5.72. The number of anilines is 1. The number of para-hydroxylation sites is 1. The minimum absolute atomic E-state index is 0.446. The zero-order valence-corrected chi connectivity index (χ0v) is 11.2.